The zero-order valence-electron chi connectivity index (χ0n) is 13.2. The van der Waals surface area contributed by atoms with Crippen molar-refractivity contribution < 1.29 is 19.9 Å². The summed E-state index contributed by atoms with van der Waals surface area (Å²) >= 11 is 0. The van der Waals surface area contributed by atoms with Gasteiger partial charge in [-0.15, -0.1) is 0 Å². The average molecular weight is 338 g/mol. The molecule has 0 bridgehead atoms. The maximum atomic E-state index is 11.0. The summed E-state index contributed by atoms with van der Waals surface area (Å²) in [4.78, 5) is 14.7. The lowest BCUT2D eigenvalue weighted by molar-refractivity contribution is -0.385. The van der Waals surface area contributed by atoms with Gasteiger partial charge < -0.3 is 14.9 Å². The Bertz CT molecular complexity index is 998. The smallest absolute Gasteiger partial charge is 0.274 e. The highest BCUT2D eigenvalue weighted by atomic mass is 16.6. The molecule has 126 valence electrons. The van der Waals surface area contributed by atoms with E-state index in [9.17, 15) is 20.3 Å². The van der Waals surface area contributed by atoms with Crippen LogP contribution in [0.1, 0.15) is 5.56 Å². The van der Waals surface area contributed by atoms with Crippen LogP contribution in [0.15, 0.2) is 53.5 Å². The van der Waals surface area contributed by atoms with E-state index in [1.165, 1.54) is 25.5 Å². The highest BCUT2D eigenvalue weighted by molar-refractivity contribution is 5.98. The van der Waals surface area contributed by atoms with E-state index >= 15 is 0 Å². The summed E-state index contributed by atoms with van der Waals surface area (Å²) in [5.74, 6) is -0.332. The Morgan fingerprint density at radius 2 is 1.92 bits per heavy atom. The predicted octanol–water partition coefficient (Wildman–Crippen LogP) is 3.92. The molecule has 25 heavy (non-hydrogen) atoms. The topological polar surface area (TPSA) is 105 Å². The molecular formula is C18H14N2O5. The van der Waals surface area contributed by atoms with Crippen LogP contribution in [0.25, 0.3) is 10.8 Å². The van der Waals surface area contributed by atoms with Crippen molar-refractivity contribution in [3.05, 3.63) is 64.2 Å². The monoisotopic (exact) mass is 338 g/mol. The number of nitrogens with zero attached hydrogens (tertiary/aromatic N) is 2. The number of non-ortho nitro benzene ring substituents is 1. The minimum Gasteiger partial charge on any atom is -0.506 e. The fraction of sp³-hybridized carbons (Fsp3) is 0.0556. The van der Waals surface area contributed by atoms with E-state index < -0.39 is 4.92 Å². The van der Waals surface area contributed by atoms with Crippen molar-refractivity contribution in [2.24, 2.45) is 4.99 Å². The predicted molar refractivity (Wildman–Crippen MR) is 94.2 cm³/mol. The Kier molecular flexibility index (Phi) is 4.21. The van der Waals surface area contributed by atoms with Gasteiger partial charge in [0, 0.05) is 23.2 Å². The lowest BCUT2D eigenvalue weighted by Crippen LogP contribution is -1.94. The summed E-state index contributed by atoms with van der Waals surface area (Å²) in [5.41, 5.74) is 0.180. The maximum absolute atomic E-state index is 11.0. The van der Waals surface area contributed by atoms with Gasteiger partial charge in [0.25, 0.3) is 5.69 Å². The number of fused-ring (bicyclic) bond motifs is 1. The van der Waals surface area contributed by atoms with E-state index in [2.05, 4.69) is 4.99 Å². The molecule has 3 rings (SSSR count). The summed E-state index contributed by atoms with van der Waals surface area (Å²) in [6, 6.07) is 12.9. The van der Waals surface area contributed by atoms with Gasteiger partial charge in [0.1, 0.15) is 11.4 Å². The van der Waals surface area contributed by atoms with Gasteiger partial charge in [-0.3, -0.25) is 15.1 Å². The summed E-state index contributed by atoms with van der Waals surface area (Å²) in [7, 11) is 1.30. The van der Waals surface area contributed by atoms with Crippen LogP contribution in [-0.2, 0) is 0 Å². The van der Waals surface area contributed by atoms with Crippen LogP contribution in [0, 0.1) is 10.1 Å². The molecule has 0 heterocycles. The van der Waals surface area contributed by atoms with Crippen LogP contribution < -0.4 is 4.74 Å². The van der Waals surface area contributed by atoms with Gasteiger partial charge >= 0.3 is 0 Å². The molecule has 0 amide bonds. The first-order valence-corrected chi connectivity index (χ1v) is 7.31. The van der Waals surface area contributed by atoms with Crippen molar-refractivity contribution >= 4 is 28.4 Å². The molecule has 7 nitrogen and oxygen atoms in total. The van der Waals surface area contributed by atoms with Crippen molar-refractivity contribution in [2.45, 2.75) is 0 Å². The summed E-state index contributed by atoms with van der Waals surface area (Å²) in [6.45, 7) is 0. The third-order valence-corrected chi connectivity index (χ3v) is 3.73. The van der Waals surface area contributed by atoms with Crippen molar-refractivity contribution in [2.75, 3.05) is 7.11 Å². The Hall–Kier alpha value is -3.61. The number of hydrogen-bond donors (Lipinski definition) is 2. The molecule has 2 N–H and O–H groups in total. The number of aromatic hydroxyl groups is 2. The Labute approximate surface area is 142 Å². The highest BCUT2D eigenvalue weighted by Gasteiger charge is 2.16. The van der Waals surface area contributed by atoms with E-state index in [4.69, 9.17) is 4.74 Å². The second kappa shape index (κ2) is 6.48. The molecule has 3 aromatic rings. The molecule has 3 aromatic carbocycles. The van der Waals surface area contributed by atoms with Crippen LogP contribution in [-0.4, -0.2) is 28.5 Å². The summed E-state index contributed by atoms with van der Waals surface area (Å²) in [5, 5.41) is 32.9. The van der Waals surface area contributed by atoms with Crippen LogP contribution in [0.4, 0.5) is 11.4 Å². The Morgan fingerprint density at radius 3 is 2.64 bits per heavy atom. The summed E-state index contributed by atoms with van der Waals surface area (Å²) < 4.78 is 4.96. The van der Waals surface area contributed by atoms with Crippen molar-refractivity contribution in [3.8, 4) is 17.2 Å². The summed E-state index contributed by atoms with van der Waals surface area (Å²) in [6.07, 6.45) is 1.26. The zero-order chi connectivity index (χ0) is 18.0. The number of phenolic OH excluding ortho intramolecular Hbond substituents is 2. The van der Waals surface area contributed by atoms with Gasteiger partial charge in [0.15, 0.2) is 11.5 Å². The van der Waals surface area contributed by atoms with Crippen LogP contribution in [0.2, 0.25) is 0 Å². The Morgan fingerprint density at radius 1 is 1.16 bits per heavy atom. The average Bonchev–Trinajstić information content (AvgIpc) is 2.61. The number of rotatable bonds is 4. The molecule has 0 aliphatic heterocycles. The van der Waals surface area contributed by atoms with Gasteiger partial charge in [-0.05, 0) is 11.5 Å². The normalized spacial score (nSPS) is 11.1. The fourth-order valence-corrected chi connectivity index (χ4v) is 2.49. The number of nitro benzene ring substituents is 1. The van der Waals surface area contributed by atoms with E-state index in [1.54, 1.807) is 12.1 Å². The van der Waals surface area contributed by atoms with Gasteiger partial charge in [0.2, 0.25) is 0 Å². The molecule has 0 unspecified atom stereocenters. The second-order valence-corrected chi connectivity index (χ2v) is 5.26. The molecule has 0 fully saturated rings. The lowest BCUT2D eigenvalue weighted by atomic mass is 10.1. The number of benzene rings is 3. The number of aliphatic imine (C=N–C) groups is 1. The van der Waals surface area contributed by atoms with Crippen molar-refractivity contribution in [1.82, 2.24) is 0 Å². The molecule has 0 atom stereocenters. The van der Waals surface area contributed by atoms with Crippen LogP contribution >= 0.6 is 0 Å². The van der Waals surface area contributed by atoms with Crippen LogP contribution in [0.5, 0.6) is 17.2 Å². The molecule has 7 heteroatoms. The standard InChI is InChI=1S/C18H14N2O5/c1-25-16-9-13(20(23)24)8-12(18(16)22)10-19-17-14-5-3-2-4-11(14)6-7-15(17)21/h2-10,21-22H,1H3. The molecule has 0 saturated carbocycles. The van der Waals surface area contributed by atoms with E-state index in [-0.39, 0.29) is 28.5 Å². The minimum atomic E-state index is -0.589. The van der Waals surface area contributed by atoms with Gasteiger partial charge in [-0.1, -0.05) is 30.3 Å². The van der Waals surface area contributed by atoms with Crippen LogP contribution in [0.3, 0.4) is 0 Å². The van der Waals surface area contributed by atoms with E-state index in [1.807, 2.05) is 18.2 Å². The SMILES string of the molecule is COc1cc([N+](=O)[O-])cc(C=Nc2c(O)ccc3ccccc23)c1O. The molecule has 0 aliphatic rings. The first-order chi connectivity index (χ1) is 12.0. The molecular weight excluding hydrogens is 324 g/mol. The van der Waals surface area contributed by atoms with Crippen molar-refractivity contribution in [1.29, 1.82) is 0 Å². The number of ether oxygens (including phenoxy) is 1. The van der Waals surface area contributed by atoms with Gasteiger partial charge in [0.05, 0.1) is 18.1 Å². The molecule has 0 saturated heterocycles. The van der Waals surface area contributed by atoms with Gasteiger partial charge in [-0.2, -0.15) is 0 Å². The Balaban J connectivity index is 2.13. The minimum absolute atomic E-state index is 0.0298. The zero-order valence-corrected chi connectivity index (χ0v) is 13.2. The number of methoxy groups -OCH3 is 1. The first kappa shape index (κ1) is 16.3. The lowest BCUT2D eigenvalue weighted by Gasteiger charge is -2.07. The number of phenols is 2. The second-order valence-electron chi connectivity index (χ2n) is 5.26. The molecule has 0 aliphatic carbocycles. The maximum Gasteiger partial charge on any atom is 0.274 e. The molecule has 0 spiro atoms. The quantitative estimate of drug-likeness (QED) is 0.426. The number of nitro groups is 1. The third kappa shape index (κ3) is 3.07. The first-order valence-electron chi connectivity index (χ1n) is 7.31. The van der Waals surface area contributed by atoms with E-state index in [0.717, 1.165) is 16.8 Å². The molecule has 0 radical (unpaired) electrons. The van der Waals surface area contributed by atoms with Gasteiger partial charge in [-0.25, -0.2) is 0 Å². The third-order valence-electron chi connectivity index (χ3n) is 3.73. The molecule has 0 aromatic heterocycles. The fourth-order valence-electron chi connectivity index (χ4n) is 2.49. The van der Waals surface area contributed by atoms with Crippen molar-refractivity contribution in [3.63, 3.8) is 0 Å². The highest BCUT2D eigenvalue weighted by Crippen LogP contribution is 2.37. The largest absolute Gasteiger partial charge is 0.506 e. The van der Waals surface area contributed by atoms with E-state index in [0.29, 0.717) is 5.69 Å². The number of hydrogen-bond acceptors (Lipinski definition) is 6.